The van der Waals surface area contributed by atoms with Crippen molar-refractivity contribution in [1.29, 1.82) is 0 Å². The Morgan fingerprint density at radius 3 is 2.17 bits per heavy atom. The lowest BCUT2D eigenvalue weighted by atomic mass is 9.49. The van der Waals surface area contributed by atoms with Crippen LogP contribution in [0.5, 0.6) is 0 Å². The number of halogens is 5. The fourth-order valence-electron chi connectivity index (χ4n) is 7.91. The number of fused-ring (bicyclic) bond motifs is 1. The predicted molar refractivity (Wildman–Crippen MR) is 146 cm³/mol. The fourth-order valence-corrected chi connectivity index (χ4v) is 13.7. The lowest BCUT2D eigenvalue weighted by Gasteiger charge is -2.55. The molecular weight excluding hydrogens is 603 g/mol. The van der Waals surface area contributed by atoms with E-state index in [1.54, 1.807) is 42.5 Å². The van der Waals surface area contributed by atoms with Crippen LogP contribution in [0.4, 0.5) is 22.0 Å². The summed E-state index contributed by atoms with van der Waals surface area (Å²) in [5.41, 5.74) is -0.848. The molecule has 0 radical (unpaired) electrons. The highest BCUT2D eigenvalue weighted by Gasteiger charge is 2.58. The smallest absolute Gasteiger partial charge is 0.411 e. The van der Waals surface area contributed by atoms with Gasteiger partial charge in [-0.2, -0.15) is 30.4 Å². The van der Waals surface area contributed by atoms with Gasteiger partial charge in [0.05, 0.1) is 11.5 Å². The van der Waals surface area contributed by atoms with Crippen molar-refractivity contribution in [3.05, 3.63) is 42.5 Å². The molecular formula is C29H33F5O6S2. The SMILES string of the molecule is O=C(OCC(F)(F)S(=O)(=O)OS1(c2cccc3ccccc23)CCC(OCC(F)(F)F)C1)C12CC3CC(CC(C3)C1)C2. The van der Waals surface area contributed by atoms with Gasteiger partial charge < -0.3 is 9.47 Å². The van der Waals surface area contributed by atoms with Crippen molar-refractivity contribution in [3.8, 4) is 0 Å². The number of ether oxygens (including phenoxy) is 2. The fraction of sp³-hybridized carbons (Fsp3) is 0.621. The van der Waals surface area contributed by atoms with Gasteiger partial charge in [-0.15, -0.1) is 0 Å². The third kappa shape index (κ3) is 5.66. The molecule has 2 aromatic rings. The number of carbonyl (C=O) groups excluding carboxylic acids is 1. The first kappa shape index (κ1) is 30.1. The van der Waals surface area contributed by atoms with Gasteiger partial charge in [0.15, 0.2) is 6.61 Å². The van der Waals surface area contributed by atoms with E-state index in [4.69, 9.17) is 13.1 Å². The molecule has 232 valence electrons. The minimum atomic E-state index is -5.69. The lowest BCUT2D eigenvalue weighted by molar-refractivity contribution is -0.182. The Morgan fingerprint density at radius 1 is 0.905 bits per heavy atom. The molecule has 2 aromatic carbocycles. The third-order valence-corrected chi connectivity index (χ3v) is 14.9. The predicted octanol–water partition coefficient (Wildman–Crippen LogP) is 6.97. The highest BCUT2D eigenvalue weighted by atomic mass is 32.3. The first-order valence-corrected chi connectivity index (χ1v) is 17.5. The molecule has 0 amide bonds. The van der Waals surface area contributed by atoms with Crippen LogP contribution in [-0.2, 0) is 28.0 Å². The molecule has 4 aliphatic carbocycles. The summed E-state index contributed by atoms with van der Waals surface area (Å²) in [6.07, 6.45) is -0.872. The number of hydrogen-bond acceptors (Lipinski definition) is 6. The molecule has 42 heavy (non-hydrogen) atoms. The second-order valence-electron chi connectivity index (χ2n) is 12.4. The van der Waals surface area contributed by atoms with Crippen molar-refractivity contribution in [2.75, 3.05) is 24.7 Å². The zero-order chi connectivity index (χ0) is 30.0. The normalized spacial score (nSPS) is 34.4. The van der Waals surface area contributed by atoms with Gasteiger partial charge in [-0.25, -0.2) is 3.63 Å². The monoisotopic (exact) mass is 636 g/mol. The van der Waals surface area contributed by atoms with Crippen molar-refractivity contribution in [3.63, 3.8) is 0 Å². The van der Waals surface area contributed by atoms with Gasteiger partial charge in [-0.05, 0) is 79.5 Å². The molecule has 6 nitrogen and oxygen atoms in total. The average Bonchev–Trinajstić information content (AvgIpc) is 3.32. The summed E-state index contributed by atoms with van der Waals surface area (Å²) in [5, 5.41) is -3.32. The maximum atomic E-state index is 15.4. The molecule has 7 rings (SSSR count). The van der Waals surface area contributed by atoms with Crippen LogP contribution >= 0.6 is 10.3 Å². The molecule has 4 bridgehead atoms. The van der Waals surface area contributed by atoms with Crippen molar-refractivity contribution in [1.82, 2.24) is 0 Å². The molecule has 0 aromatic heterocycles. The first-order valence-electron chi connectivity index (χ1n) is 14.1. The second-order valence-corrected chi connectivity index (χ2v) is 17.3. The van der Waals surface area contributed by atoms with E-state index in [0.717, 1.165) is 19.3 Å². The van der Waals surface area contributed by atoms with Crippen LogP contribution in [0.15, 0.2) is 47.4 Å². The van der Waals surface area contributed by atoms with Crippen LogP contribution in [0, 0.1) is 23.2 Å². The maximum Gasteiger partial charge on any atom is 0.411 e. The molecule has 1 saturated heterocycles. The van der Waals surface area contributed by atoms with E-state index in [1.165, 1.54) is 0 Å². The molecule has 5 aliphatic rings. The largest absolute Gasteiger partial charge is 0.458 e. The Kier molecular flexibility index (Phi) is 7.58. The summed E-state index contributed by atoms with van der Waals surface area (Å²) in [6, 6.07) is 11.8. The van der Waals surface area contributed by atoms with E-state index in [9.17, 15) is 26.4 Å². The van der Waals surface area contributed by atoms with Crippen LogP contribution in [0.3, 0.4) is 0 Å². The van der Waals surface area contributed by atoms with Gasteiger partial charge in [0.25, 0.3) is 0 Å². The summed E-state index contributed by atoms with van der Waals surface area (Å²) in [7, 11) is -8.79. The molecule has 0 spiro atoms. The summed E-state index contributed by atoms with van der Waals surface area (Å²) < 4.78 is 111. The summed E-state index contributed by atoms with van der Waals surface area (Å²) in [6.45, 7) is -3.24. The molecule has 13 heteroatoms. The average molecular weight is 637 g/mol. The van der Waals surface area contributed by atoms with Crippen molar-refractivity contribution in [2.24, 2.45) is 23.2 Å². The van der Waals surface area contributed by atoms with Crippen molar-refractivity contribution in [2.45, 2.75) is 67.4 Å². The van der Waals surface area contributed by atoms with E-state index in [0.29, 0.717) is 52.7 Å². The van der Waals surface area contributed by atoms with E-state index < -0.39 is 62.6 Å². The molecule has 1 heterocycles. The van der Waals surface area contributed by atoms with Crippen LogP contribution in [0.1, 0.15) is 44.9 Å². The van der Waals surface area contributed by atoms with Gasteiger partial charge in [-0.1, -0.05) is 46.7 Å². The lowest BCUT2D eigenvalue weighted by Crippen LogP contribution is -2.51. The summed E-state index contributed by atoms with van der Waals surface area (Å²) in [4.78, 5) is 13.5. The Morgan fingerprint density at radius 2 is 1.52 bits per heavy atom. The van der Waals surface area contributed by atoms with E-state index in [1.807, 2.05) is 0 Å². The van der Waals surface area contributed by atoms with Crippen LogP contribution in [0.25, 0.3) is 10.8 Å². The molecule has 5 fully saturated rings. The highest BCUT2D eigenvalue weighted by molar-refractivity contribution is 8.33. The maximum absolute atomic E-state index is 15.4. The molecule has 1 aliphatic heterocycles. The second kappa shape index (κ2) is 10.6. The van der Waals surface area contributed by atoms with Gasteiger partial charge in [-0.3, -0.25) is 4.79 Å². The van der Waals surface area contributed by atoms with Crippen LogP contribution in [-0.4, -0.2) is 56.6 Å². The number of esters is 1. The molecule has 0 N–H and O–H groups in total. The van der Waals surface area contributed by atoms with Gasteiger partial charge >= 0.3 is 27.5 Å². The van der Waals surface area contributed by atoms with Gasteiger partial charge in [0.2, 0.25) is 0 Å². The highest BCUT2D eigenvalue weighted by Crippen LogP contribution is 2.65. The van der Waals surface area contributed by atoms with Crippen molar-refractivity contribution < 1.29 is 48.3 Å². The topological polar surface area (TPSA) is 78.9 Å². The summed E-state index contributed by atoms with van der Waals surface area (Å²) >= 11 is 0. The van der Waals surface area contributed by atoms with Crippen molar-refractivity contribution >= 4 is 37.2 Å². The number of hydrogen-bond donors (Lipinski definition) is 0. The number of alkyl halides is 5. The quantitative estimate of drug-likeness (QED) is 0.219. The Balaban J connectivity index is 1.24. The molecule has 2 atom stereocenters. The molecule has 2 unspecified atom stereocenters. The standard InChI is InChI=1S/C29H33F5O6S2/c30-28(31,32)17-38-23-8-9-41(16-23,25-7-3-5-22-4-1-2-6-24(22)25)40-42(36,37)29(33,34)18-39-26(35)27-13-19-10-20(14-27)12-21(11-19)15-27/h1-7,19-21,23H,8-18H2. The summed E-state index contributed by atoms with van der Waals surface area (Å²) in [5.74, 6) is -0.110. The minimum absolute atomic E-state index is 0.00324. The van der Waals surface area contributed by atoms with Crippen LogP contribution < -0.4 is 0 Å². The zero-order valence-electron chi connectivity index (χ0n) is 22.8. The number of rotatable bonds is 9. The van der Waals surface area contributed by atoms with Gasteiger partial charge in [0, 0.05) is 16.4 Å². The minimum Gasteiger partial charge on any atom is -0.458 e. The zero-order valence-corrected chi connectivity index (χ0v) is 24.4. The number of carbonyl (C=O) groups is 1. The third-order valence-electron chi connectivity index (χ3n) is 9.29. The Labute approximate surface area is 242 Å². The Hall–Kier alpha value is -1.96. The van der Waals surface area contributed by atoms with E-state index in [2.05, 4.69) is 0 Å². The first-order chi connectivity index (χ1) is 19.7. The number of benzene rings is 2. The molecule has 4 saturated carbocycles. The van der Waals surface area contributed by atoms with Gasteiger partial charge in [0.1, 0.15) is 6.61 Å². The van der Waals surface area contributed by atoms with E-state index in [-0.39, 0.29) is 17.9 Å². The Bertz CT molecular complexity index is 1420. The van der Waals surface area contributed by atoms with E-state index >= 15 is 8.78 Å². The van der Waals surface area contributed by atoms with Crippen LogP contribution in [0.2, 0.25) is 0 Å².